The minimum atomic E-state index is -4.40. The molecule has 0 radical (unpaired) electrons. The van der Waals surface area contributed by atoms with Crippen molar-refractivity contribution in [1.82, 2.24) is 0 Å². The molecule has 2 nitrogen and oxygen atoms in total. The van der Waals surface area contributed by atoms with E-state index in [1.807, 2.05) is 0 Å². The normalized spacial score (nSPS) is 11.8. The molecule has 0 unspecified atom stereocenters. The van der Waals surface area contributed by atoms with E-state index in [1.165, 1.54) is 0 Å². The third kappa shape index (κ3) is 1.85. The number of aryl methyl sites for hydroxylation is 1. The molecule has 0 aliphatic heterocycles. The van der Waals surface area contributed by atoms with Gasteiger partial charge in [-0.1, -0.05) is 0 Å². The number of halogens is 4. The smallest absolute Gasteiger partial charge is 0.207 e. The zero-order chi connectivity index (χ0) is 11.1. The molecular weight excluding hydrogens is 241 g/mol. The Morgan fingerprint density at radius 1 is 1.14 bits per heavy atom. The highest BCUT2D eigenvalue weighted by Gasteiger charge is 2.23. The average Bonchev–Trinajstić information content (AvgIpc) is 2.06. The van der Waals surface area contributed by atoms with Crippen LogP contribution in [-0.4, -0.2) is 8.42 Å². The van der Waals surface area contributed by atoms with E-state index in [2.05, 4.69) is 0 Å². The lowest BCUT2D eigenvalue weighted by molar-refractivity contribution is 0.429. The molecule has 0 aromatic heterocycles. The van der Waals surface area contributed by atoms with Crippen LogP contribution in [0.4, 0.5) is 13.2 Å². The van der Waals surface area contributed by atoms with Gasteiger partial charge in [0, 0.05) is 10.7 Å². The van der Waals surface area contributed by atoms with E-state index in [1.54, 1.807) is 0 Å². The van der Waals surface area contributed by atoms with E-state index < -0.39 is 31.4 Å². The van der Waals surface area contributed by atoms with Gasteiger partial charge in [-0.2, -0.15) is 0 Å². The van der Waals surface area contributed by atoms with Gasteiger partial charge < -0.3 is 0 Å². The fourth-order valence-electron chi connectivity index (χ4n) is 0.878. The Morgan fingerprint density at radius 2 is 1.64 bits per heavy atom. The molecule has 0 N–H and O–H groups in total. The molecule has 0 aliphatic carbocycles. The molecule has 0 aliphatic rings. The van der Waals surface area contributed by atoms with Gasteiger partial charge in [-0.25, -0.2) is 21.6 Å². The lowest BCUT2D eigenvalue weighted by atomic mass is 10.2. The topological polar surface area (TPSA) is 34.1 Å². The minimum absolute atomic E-state index is 0.330. The second kappa shape index (κ2) is 3.43. The Bertz CT molecular complexity index is 484. The Morgan fingerprint density at radius 3 is 2.07 bits per heavy atom. The number of hydrogen-bond donors (Lipinski definition) is 0. The lowest BCUT2D eigenvalue weighted by Gasteiger charge is -2.03. The first-order valence-electron chi connectivity index (χ1n) is 3.34. The maximum absolute atomic E-state index is 12.9. The summed E-state index contributed by atoms with van der Waals surface area (Å²) in [5, 5.41) is 0. The quantitative estimate of drug-likeness (QED) is 0.561. The largest absolute Gasteiger partial charge is 0.264 e. The predicted octanol–water partition coefficient (Wildman–Crippen LogP) is 2.34. The molecule has 78 valence electrons. The fraction of sp³-hybridized carbons (Fsp3) is 0.143. The average molecular weight is 245 g/mol. The molecule has 0 fully saturated rings. The maximum atomic E-state index is 12.9. The lowest BCUT2D eigenvalue weighted by Crippen LogP contribution is -2.03. The van der Waals surface area contributed by atoms with Crippen molar-refractivity contribution >= 4 is 19.7 Å². The third-order valence-corrected chi connectivity index (χ3v) is 2.88. The van der Waals surface area contributed by atoms with Crippen molar-refractivity contribution in [1.29, 1.82) is 0 Å². The van der Waals surface area contributed by atoms with Gasteiger partial charge in [0.05, 0.1) is 0 Å². The Hall–Kier alpha value is -0.750. The van der Waals surface area contributed by atoms with Crippen LogP contribution in [0.3, 0.4) is 0 Å². The molecule has 1 aromatic rings. The molecule has 0 amide bonds. The van der Waals surface area contributed by atoms with Gasteiger partial charge in [0.1, 0.15) is 4.90 Å². The monoisotopic (exact) mass is 244 g/mol. The molecule has 0 atom stereocenters. The summed E-state index contributed by atoms with van der Waals surface area (Å²) in [6.07, 6.45) is 0. The van der Waals surface area contributed by atoms with Crippen LogP contribution in [0.2, 0.25) is 0 Å². The van der Waals surface area contributed by atoms with Gasteiger partial charge in [0.25, 0.3) is 9.05 Å². The van der Waals surface area contributed by atoms with E-state index in [0.717, 1.165) is 6.92 Å². The minimum Gasteiger partial charge on any atom is -0.207 e. The van der Waals surface area contributed by atoms with Crippen molar-refractivity contribution in [2.75, 3.05) is 0 Å². The van der Waals surface area contributed by atoms with E-state index in [0.29, 0.717) is 6.07 Å². The van der Waals surface area contributed by atoms with Crippen molar-refractivity contribution in [2.45, 2.75) is 11.8 Å². The van der Waals surface area contributed by atoms with Gasteiger partial charge in [0.15, 0.2) is 17.5 Å². The van der Waals surface area contributed by atoms with Crippen molar-refractivity contribution in [3.05, 3.63) is 29.1 Å². The number of rotatable bonds is 1. The van der Waals surface area contributed by atoms with E-state index >= 15 is 0 Å². The first kappa shape index (κ1) is 11.3. The molecule has 7 heteroatoms. The highest BCUT2D eigenvalue weighted by atomic mass is 35.7. The van der Waals surface area contributed by atoms with Crippen LogP contribution in [0.25, 0.3) is 0 Å². The summed E-state index contributed by atoms with van der Waals surface area (Å²) in [6, 6.07) is 0.635. The van der Waals surface area contributed by atoms with Crippen LogP contribution in [0, 0.1) is 24.4 Å². The highest BCUT2D eigenvalue weighted by Crippen LogP contribution is 2.25. The van der Waals surface area contributed by atoms with Gasteiger partial charge in [-0.3, -0.25) is 0 Å². The Kier molecular flexibility index (Phi) is 2.78. The first-order valence-corrected chi connectivity index (χ1v) is 5.65. The van der Waals surface area contributed by atoms with Gasteiger partial charge >= 0.3 is 0 Å². The van der Waals surface area contributed by atoms with Gasteiger partial charge in [0.2, 0.25) is 0 Å². The summed E-state index contributed by atoms with van der Waals surface area (Å²) in [7, 11) is 0.399. The van der Waals surface area contributed by atoms with Crippen LogP contribution >= 0.6 is 10.7 Å². The summed E-state index contributed by atoms with van der Waals surface area (Å²) in [6.45, 7) is 1.10. The Balaban J connectivity index is 3.66. The van der Waals surface area contributed by atoms with Crippen molar-refractivity contribution in [3.63, 3.8) is 0 Å². The summed E-state index contributed by atoms with van der Waals surface area (Å²) >= 11 is 0. The molecule has 0 saturated carbocycles. The molecule has 14 heavy (non-hydrogen) atoms. The molecular formula is C7H4ClF3O2S. The summed E-state index contributed by atoms with van der Waals surface area (Å²) in [5.41, 5.74) is -0.330. The molecule has 0 bridgehead atoms. The second-order valence-corrected chi connectivity index (χ2v) is 5.11. The highest BCUT2D eigenvalue weighted by molar-refractivity contribution is 8.13. The van der Waals surface area contributed by atoms with Crippen LogP contribution in [0.1, 0.15) is 5.56 Å². The van der Waals surface area contributed by atoms with Gasteiger partial charge in [-0.15, -0.1) is 0 Å². The van der Waals surface area contributed by atoms with Crippen molar-refractivity contribution in [2.24, 2.45) is 0 Å². The van der Waals surface area contributed by atoms with E-state index in [9.17, 15) is 21.6 Å². The zero-order valence-electron chi connectivity index (χ0n) is 6.81. The second-order valence-electron chi connectivity index (χ2n) is 2.57. The standard InChI is InChI=1S/C7H4ClF3O2S/c1-3-2-4(14(8,12)13)6(10)7(11)5(3)9/h2H,1H3. The van der Waals surface area contributed by atoms with Crippen LogP contribution < -0.4 is 0 Å². The van der Waals surface area contributed by atoms with Crippen LogP contribution in [0.15, 0.2) is 11.0 Å². The van der Waals surface area contributed by atoms with Crippen LogP contribution in [-0.2, 0) is 9.05 Å². The van der Waals surface area contributed by atoms with Crippen molar-refractivity contribution in [3.8, 4) is 0 Å². The van der Waals surface area contributed by atoms with Gasteiger partial charge in [-0.05, 0) is 18.6 Å². The summed E-state index contributed by atoms with van der Waals surface area (Å²) in [4.78, 5) is -1.06. The zero-order valence-corrected chi connectivity index (χ0v) is 8.39. The SMILES string of the molecule is Cc1cc(S(=O)(=O)Cl)c(F)c(F)c1F. The molecule has 1 rings (SSSR count). The number of hydrogen-bond acceptors (Lipinski definition) is 2. The molecule has 0 saturated heterocycles. The van der Waals surface area contributed by atoms with E-state index in [-0.39, 0.29) is 5.56 Å². The third-order valence-electron chi connectivity index (χ3n) is 1.56. The van der Waals surface area contributed by atoms with Crippen LogP contribution in [0.5, 0.6) is 0 Å². The predicted molar refractivity (Wildman–Crippen MR) is 44.1 cm³/mol. The summed E-state index contributed by atoms with van der Waals surface area (Å²) in [5.74, 6) is -5.07. The fourth-order valence-corrected chi connectivity index (χ4v) is 1.84. The van der Waals surface area contributed by atoms with E-state index in [4.69, 9.17) is 10.7 Å². The first-order chi connectivity index (χ1) is 6.25. The summed E-state index contributed by atoms with van der Waals surface area (Å²) < 4.78 is 59.7. The van der Waals surface area contributed by atoms with Crippen molar-refractivity contribution < 1.29 is 21.6 Å². The maximum Gasteiger partial charge on any atom is 0.264 e. The Labute approximate surface area is 82.7 Å². The molecule has 0 spiro atoms. The number of benzene rings is 1. The molecule has 0 heterocycles. The molecule has 1 aromatic carbocycles.